The topological polar surface area (TPSA) is 12.5 Å². The molecule has 0 aromatic heterocycles. The molecule has 120 valence electrons. The van der Waals surface area contributed by atoms with Crippen LogP contribution in [0.2, 0.25) is 0 Å². The molecule has 1 aromatic carbocycles. The Hall–Kier alpha value is -1.30. The molecular formula is C20H29NO. The summed E-state index contributed by atoms with van der Waals surface area (Å²) in [5.74, 6) is 6.88. The van der Waals surface area contributed by atoms with Gasteiger partial charge in [-0.3, -0.25) is 4.90 Å². The smallest absolute Gasteiger partial charge is 0.0719 e. The summed E-state index contributed by atoms with van der Waals surface area (Å²) in [6, 6.07) is 10.7. The van der Waals surface area contributed by atoms with Crippen molar-refractivity contribution in [3.8, 4) is 11.8 Å². The highest BCUT2D eigenvalue weighted by Crippen LogP contribution is 2.13. The van der Waals surface area contributed by atoms with Crippen LogP contribution >= 0.6 is 0 Å². The molecular weight excluding hydrogens is 270 g/mol. The zero-order valence-corrected chi connectivity index (χ0v) is 13.9. The lowest BCUT2D eigenvalue weighted by molar-refractivity contribution is 0.0255. The highest BCUT2D eigenvalue weighted by molar-refractivity contribution is 5.34. The molecule has 1 fully saturated rings. The van der Waals surface area contributed by atoms with Crippen LogP contribution in [0.3, 0.4) is 0 Å². The third kappa shape index (κ3) is 6.22. The quantitative estimate of drug-likeness (QED) is 0.555. The van der Waals surface area contributed by atoms with Gasteiger partial charge in [0.2, 0.25) is 0 Å². The van der Waals surface area contributed by atoms with Gasteiger partial charge in [-0.05, 0) is 18.6 Å². The van der Waals surface area contributed by atoms with Crippen molar-refractivity contribution in [1.29, 1.82) is 0 Å². The average molecular weight is 299 g/mol. The highest BCUT2D eigenvalue weighted by atomic mass is 16.5. The van der Waals surface area contributed by atoms with Gasteiger partial charge in [0.05, 0.1) is 19.3 Å². The minimum atomic E-state index is 0.380. The van der Waals surface area contributed by atoms with E-state index in [1.165, 1.54) is 38.5 Å². The van der Waals surface area contributed by atoms with Crippen LogP contribution in [0, 0.1) is 11.8 Å². The summed E-state index contributed by atoms with van der Waals surface area (Å²) in [7, 11) is 0. The van der Waals surface area contributed by atoms with E-state index in [9.17, 15) is 0 Å². The fourth-order valence-corrected chi connectivity index (χ4v) is 2.86. The predicted molar refractivity (Wildman–Crippen MR) is 92.9 cm³/mol. The van der Waals surface area contributed by atoms with Crippen molar-refractivity contribution in [3.05, 3.63) is 35.9 Å². The maximum Gasteiger partial charge on any atom is 0.0719 e. The third-order valence-corrected chi connectivity index (χ3v) is 4.22. The van der Waals surface area contributed by atoms with E-state index in [0.29, 0.717) is 6.04 Å². The number of nitrogens with zero attached hydrogens (tertiary/aromatic N) is 1. The summed E-state index contributed by atoms with van der Waals surface area (Å²) in [5.41, 5.74) is 1.12. The molecule has 1 heterocycles. The summed E-state index contributed by atoms with van der Waals surface area (Å²) in [4.78, 5) is 2.50. The molecule has 0 aliphatic carbocycles. The van der Waals surface area contributed by atoms with E-state index in [2.05, 4.69) is 47.9 Å². The van der Waals surface area contributed by atoms with Crippen molar-refractivity contribution in [3.63, 3.8) is 0 Å². The van der Waals surface area contributed by atoms with Crippen LogP contribution in [0.5, 0.6) is 0 Å². The van der Waals surface area contributed by atoms with Crippen molar-refractivity contribution in [2.75, 3.05) is 26.3 Å². The van der Waals surface area contributed by atoms with Gasteiger partial charge < -0.3 is 4.74 Å². The van der Waals surface area contributed by atoms with E-state index in [0.717, 1.165) is 31.9 Å². The Kier molecular flexibility index (Phi) is 8.09. The SMILES string of the molecule is CCCCCCCC(C#Cc1ccccc1)N1CCOCC1. The van der Waals surface area contributed by atoms with Crippen molar-refractivity contribution >= 4 is 0 Å². The molecule has 2 nitrogen and oxygen atoms in total. The second-order valence-electron chi connectivity index (χ2n) is 6.00. The molecule has 22 heavy (non-hydrogen) atoms. The van der Waals surface area contributed by atoms with E-state index in [1.54, 1.807) is 0 Å². The Bertz CT molecular complexity index is 454. The fraction of sp³-hybridized carbons (Fsp3) is 0.600. The first-order valence-electron chi connectivity index (χ1n) is 8.78. The molecule has 0 bridgehead atoms. The average Bonchev–Trinajstić information content (AvgIpc) is 2.59. The van der Waals surface area contributed by atoms with E-state index < -0.39 is 0 Å². The minimum Gasteiger partial charge on any atom is -0.379 e. The highest BCUT2D eigenvalue weighted by Gasteiger charge is 2.18. The maximum absolute atomic E-state index is 5.48. The van der Waals surface area contributed by atoms with Crippen LogP contribution < -0.4 is 0 Å². The summed E-state index contributed by atoms with van der Waals surface area (Å²) in [5, 5.41) is 0. The van der Waals surface area contributed by atoms with Crippen LogP contribution in [0.15, 0.2) is 30.3 Å². The van der Waals surface area contributed by atoms with E-state index in [-0.39, 0.29) is 0 Å². The van der Waals surface area contributed by atoms with Crippen LogP contribution in [-0.4, -0.2) is 37.2 Å². The van der Waals surface area contributed by atoms with Gasteiger partial charge in [0.1, 0.15) is 0 Å². The summed E-state index contributed by atoms with van der Waals surface area (Å²) >= 11 is 0. The van der Waals surface area contributed by atoms with Crippen LogP contribution in [0.1, 0.15) is 51.0 Å². The van der Waals surface area contributed by atoms with Crippen molar-refractivity contribution < 1.29 is 4.74 Å². The summed E-state index contributed by atoms with van der Waals surface area (Å²) in [6.45, 7) is 5.99. The Labute approximate surface area is 135 Å². The first-order valence-corrected chi connectivity index (χ1v) is 8.78. The number of hydrogen-bond donors (Lipinski definition) is 0. The Morgan fingerprint density at radius 1 is 1.05 bits per heavy atom. The van der Waals surface area contributed by atoms with Crippen molar-refractivity contribution in [2.24, 2.45) is 0 Å². The number of benzene rings is 1. The van der Waals surface area contributed by atoms with Crippen LogP contribution in [-0.2, 0) is 4.74 Å². The molecule has 0 amide bonds. The van der Waals surface area contributed by atoms with Gasteiger partial charge in [-0.15, -0.1) is 0 Å². The second kappa shape index (κ2) is 10.4. The molecule has 1 unspecified atom stereocenters. The molecule has 0 N–H and O–H groups in total. The Morgan fingerprint density at radius 2 is 1.77 bits per heavy atom. The van der Waals surface area contributed by atoms with Crippen LogP contribution in [0.25, 0.3) is 0 Å². The Balaban J connectivity index is 1.90. The zero-order chi connectivity index (χ0) is 15.5. The fourth-order valence-electron chi connectivity index (χ4n) is 2.86. The van der Waals surface area contributed by atoms with E-state index in [1.807, 2.05) is 6.07 Å². The number of rotatable bonds is 7. The molecule has 0 radical (unpaired) electrons. The first kappa shape index (κ1) is 17.1. The predicted octanol–water partition coefficient (Wildman–Crippen LogP) is 4.10. The van der Waals surface area contributed by atoms with Gasteiger partial charge >= 0.3 is 0 Å². The monoisotopic (exact) mass is 299 g/mol. The van der Waals surface area contributed by atoms with Crippen molar-refractivity contribution in [1.82, 2.24) is 4.90 Å². The summed E-state index contributed by atoms with van der Waals surface area (Å²) in [6.07, 6.45) is 7.83. The molecule has 0 saturated carbocycles. The number of unbranched alkanes of at least 4 members (excludes halogenated alkanes) is 4. The second-order valence-corrected chi connectivity index (χ2v) is 6.00. The molecule has 1 aromatic rings. The maximum atomic E-state index is 5.48. The molecule has 2 heteroatoms. The van der Waals surface area contributed by atoms with Gasteiger partial charge in [-0.1, -0.05) is 69.1 Å². The largest absolute Gasteiger partial charge is 0.379 e. The van der Waals surface area contributed by atoms with Crippen LogP contribution in [0.4, 0.5) is 0 Å². The minimum absolute atomic E-state index is 0.380. The summed E-state index contributed by atoms with van der Waals surface area (Å²) < 4.78 is 5.48. The van der Waals surface area contributed by atoms with Gasteiger partial charge in [-0.2, -0.15) is 0 Å². The zero-order valence-electron chi connectivity index (χ0n) is 13.9. The lowest BCUT2D eigenvalue weighted by Gasteiger charge is -2.31. The number of morpholine rings is 1. The van der Waals surface area contributed by atoms with E-state index in [4.69, 9.17) is 4.74 Å². The number of ether oxygens (including phenoxy) is 1. The van der Waals surface area contributed by atoms with E-state index >= 15 is 0 Å². The lowest BCUT2D eigenvalue weighted by Crippen LogP contribution is -2.42. The Morgan fingerprint density at radius 3 is 2.50 bits per heavy atom. The van der Waals surface area contributed by atoms with Gasteiger partial charge in [0, 0.05) is 18.7 Å². The van der Waals surface area contributed by atoms with Crippen molar-refractivity contribution in [2.45, 2.75) is 51.5 Å². The molecule has 1 aliphatic rings. The molecule has 2 rings (SSSR count). The van der Waals surface area contributed by atoms with Gasteiger partial charge in [0.25, 0.3) is 0 Å². The molecule has 1 aliphatic heterocycles. The van der Waals surface area contributed by atoms with Gasteiger partial charge in [0.15, 0.2) is 0 Å². The standard InChI is InChI=1S/C20H29NO/c1-2-3-4-5-9-12-20(21-15-17-22-18-16-21)14-13-19-10-7-6-8-11-19/h6-8,10-11,20H,2-5,9,12,15-18H2,1H3. The normalized spacial score (nSPS) is 16.8. The number of hydrogen-bond acceptors (Lipinski definition) is 2. The molecule has 1 atom stereocenters. The molecule has 0 spiro atoms. The lowest BCUT2D eigenvalue weighted by atomic mass is 10.0. The first-order chi connectivity index (χ1) is 10.9. The molecule has 1 saturated heterocycles. The van der Waals surface area contributed by atoms with Gasteiger partial charge in [-0.25, -0.2) is 0 Å². The third-order valence-electron chi connectivity index (χ3n) is 4.22.